The summed E-state index contributed by atoms with van der Waals surface area (Å²) in [5, 5.41) is 10.9. The Labute approximate surface area is 224 Å². The zero-order valence-corrected chi connectivity index (χ0v) is 21.8. The van der Waals surface area contributed by atoms with Crippen LogP contribution in [0.5, 0.6) is 0 Å². The third-order valence-electron chi connectivity index (χ3n) is 5.67. The van der Waals surface area contributed by atoms with E-state index in [1.165, 1.54) is 4.57 Å². The summed E-state index contributed by atoms with van der Waals surface area (Å²) in [4.78, 5) is 66.0. The van der Waals surface area contributed by atoms with Gasteiger partial charge < -0.3 is 18.9 Å². The highest BCUT2D eigenvalue weighted by atomic mass is 32.2. The molecule has 1 aliphatic rings. The maximum Gasteiger partial charge on any atom is 0.303 e. The second-order valence-electron chi connectivity index (χ2n) is 8.44. The van der Waals surface area contributed by atoms with Gasteiger partial charge in [-0.15, -0.1) is 0 Å². The Hall–Kier alpha value is -4.71. The number of nitro groups is 1. The normalized spacial score (nSPS) is 20.7. The maximum absolute atomic E-state index is 13.2. The van der Waals surface area contributed by atoms with Gasteiger partial charge in [-0.25, -0.2) is 18.4 Å². The van der Waals surface area contributed by atoms with E-state index in [9.17, 15) is 37.7 Å². The molecule has 4 rings (SSSR count). The molecule has 40 heavy (non-hydrogen) atoms. The standard InChI is InChI=1S/C22H21N5O12S/c1-11(28)36-8-16-18(37-12(2)29)19(38-13(3)30)22(39-16)25-9-23-17-20(25)24-10-26(21(17)31)40(34,35)15-6-4-14(5-7-15)27(32)33/h4-7,9-10,16,18-19,22H,8H2,1-3H3/t16-,18-,19-,22-/m1/s1. The van der Waals surface area contributed by atoms with E-state index in [2.05, 4.69) is 9.97 Å². The third-order valence-corrected chi connectivity index (χ3v) is 7.32. The van der Waals surface area contributed by atoms with E-state index < -0.39 is 73.4 Å². The molecule has 3 heterocycles. The van der Waals surface area contributed by atoms with Gasteiger partial charge in [0.05, 0.1) is 16.1 Å². The molecule has 0 amide bonds. The molecule has 0 bridgehead atoms. The smallest absolute Gasteiger partial charge is 0.303 e. The number of hydrogen-bond acceptors (Lipinski definition) is 14. The number of aromatic nitrogens is 4. The number of fused-ring (bicyclic) bond motifs is 1. The van der Waals surface area contributed by atoms with Crippen LogP contribution in [0.4, 0.5) is 5.69 Å². The van der Waals surface area contributed by atoms with Gasteiger partial charge in [0, 0.05) is 32.9 Å². The number of ether oxygens (including phenoxy) is 4. The highest BCUT2D eigenvalue weighted by Crippen LogP contribution is 2.35. The van der Waals surface area contributed by atoms with Crippen LogP contribution in [0.25, 0.3) is 11.2 Å². The summed E-state index contributed by atoms with van der Waals surface area (Å²) in [5.74, 6) is -2.16. The molecule has 18 heteroatoms. The van der Waals surface area contributed by atoms with Gasteiger partial charge in [0.2, 0.25) is 0 Å². The van der Waals surface area contributed by atoms with Gasteiger partial charge in [-0.2, -0.15) is 3.97 Å². The topological polar surface area (TPSA) is 218 Å². The Balaban J connectivity index is 1.76. The predicted octanol–water partition coefficient (Wildman–Crippen LogP) is 0.0621. The minimum Gasteiger partial charge on any atom is -0.463 e. The molecule has 0 radical (unpaired) electrons. The molecule has 17 nitrogen and oxygen atoms in total. The molecule has 1 aromatic carbocycles. The van der Waals surface area contributed by atoms with Crippen LogP contribution >= 0.6 is 0 Å². The van der Waals surface area contributed by atoms with Gasteiger partial charge in [0.25, 0.3) is 21.3 Å². The van der Waals surface area contributed by atoms with Crippen LogP contribution in [-0.4, -0.2) is 74.7 Å². The molecule has 4 atom stereocenters. The van der Waals surface area contributed by atoms with Crippen LogP contribution < -0.4 is 5.56 Å². The van der Waals surface area contributed by atoms with Gasteiger partial charge in [-0.05, 0) is 12.1 Å². The van der Waals surface area contributed by atoms with E-state index in [1.54, 1.807) is 0 Å². The van der Waals surface area contributed by atoms with Crippen molar-refractivity contribution in [3.63, 3.8) is 0 Å². The fourth-order valence-corrected chi connectivity index (χ4v) is 5.21. The number of carbonyl (C=O) groups excluding carboxylic acids is 3. The van der Waals surface area contributed by atoms with E-state index in [0.29, 0.717) is 3.97 Å². The highest BCUT2D eigenvalue weighted by molar-refractivity contribution is 7.90. The summed E-state index contributed by atoms with van der Waals surface area (Å²) in [7, 11) is -4.52. The number of nitro benzene ring substituents is 1. The van der Waals surface area contributed by atoms with Crippen molar-refractivity contribution in [3.8, 4) is 0 Å². The van der Waals surface area contributed by atoms with Crippen molar-refractivity contribution in [2.75, 3.05) is 6.61 Å². The molecular formula is C22H21N5O12S. The molecule has 0 spiro atoms. The van der Waals surface area contributed by atoms with Crippen LogP contribution in [-0.2, 0) is 43.4 Å². The Bertz CT molecular complexity index is 1660. The van der Waals surface area contributed by atoms with Gasteiger partial charge in [0.15, 0.2) is 29.6 Å². The first-order valence-corrected chi connectivity index (χ1v) is 12.8. The Morgan fingerprint density at radius 3 is 2.20 bits per heavy atom. The lowest BCUT2D eigenvalue weighted by atomic mass is 10.1. The number of esters is 3. The second-order valence-corrected chi connectivity index (χ2v) is 10.3. The Morgan fingerprint density at radius 2 is 1.62 bits per heavy atom. The molecule has 0 aliphatic carbocycles. The fourth-order valence-electron chi connectivity index (χ4n) is 4.02. The van der Waals surface area contributed by atoms with Crippen molar-refractivity contribution >= 4 is 44.8 Å². The Morgan fingerprint density at radius 1 is 1.00 bits per heavy atom. The summed E-state index contributed by atoms with van der Waals surface area (Å²) >= 11 is 0. The average molecular weight is 580 g/mol. The molecule has 212 valence electrons. The van der Waals surface area contributed by atoms with Gasteiger partial charge in [0.1, 0.15) is 19.0 Å². The largest absolute Gasteiger partial charge is 0.463 e. The molecule has 0 unspecified atom stereocenters. The van der Waals surface area contributed by atoms with E-state index in [1.807, 2.05) is 0 Å². The number of hydrogen-bond donors (Lipinski definition) is 0. The lowest BCUT2D eigenvalue weighted by Gasteiger charge is -2.23. The molecule has 0 N–H and O–H groups in total. The Kier molecular flexibility index (Phi) is 7.65. The molecule has 1 fully saturated rings. The number of imidazole rings is 1. The first-order valence-electron chi connectivity index (χ1n) is 11.4. The maximum atomic E-state index is 13.2. The van der Waals surface area contributed by atoms with E-state index in [4.69, 9.17) is 18.9 Å². The van der Waals surface area contributed by atoms with Gasteiger partial charge in [-0.3, -0.25) is 33.9 Å². The molecule has 0 saturated carbocycles. The van der Waals surface area contributed by atoms with Crippen molar-refractivity contribution in [1.82, 2.24) is 18.5 Å². The molecule has 3 aromatic rings. The lowest BCUT2D eigenvalue weighted by Crippen LogP contribution is -2.40. The SMILES string of the molecule is CC(=O)OC[C@H]1O[C@@H](n2cnc3c(=O)n(S(=O)(=O)c4ccc([N+](=O)[O-])cc4)cnc32)[C@H](OC(C)=O)[C@@H]1OC(C)=O. The number of nitrogens with zero attached hydrogens (tertiary/aromatic N) is 5. The summed E-state index contributed by atoms with van der Waals surface area (Å²) in [6, 6.07) is 3.88. The summed E-state index contributed by atoms with van der Waals surface area (Å²) in [6.45, 7) is 3.00. The summed E-state index contributed by atoms with van der Waals surface area (Å²) < 4.78 is 49.2. The monoisotopic (exact) mass is 579 g/mol. The number of benzene rings is 1. The van der Waals surface area contributed by atoms with Gasteiger partial charge in [-0.1, -0.05) is 0 Å². The molecule has 1 aliphatic heterocycles. The number of rotatable bonds is 8. The van der Waals surface area contributed by atoms with E-state index >= 15 is 0 Å². The van der Waals surface area contributed by atoms with Crippen LogP contribution in [0.15, 0.2) is 46.6 Å². The summed E-state index contributed by atoms with van der Waals surface area (Å²) in [5.41, 5.74) is -2.03. The van der Waals surface area contributed by atoms with E-state index in [0.717, 1.165) is 57.7 Å². The number of non-ortho nitro benzene ring substituents is 1. The van der Waals surface area contributed by atoms with Crippen molar-refractivity contribution in [2.24, 2.45) is 0 Å². The van der Waals surface area contributed by atoms with Crippen molar-refractivity contribution in [2.45, 2.75) is 50.2 Å². The quantitative estimate of drug-likeness (QED) is 0.149. The minimum absolute atomic E-state index is 0.169. The average Bonchev–Trinajstić information content (AvgIpc) is 3.44. The first kappa shape index (κ1) is 28.3. The third kappa shape index (κ3) is 5.38. The fraction of sp³-hybridized carbons (Fsp3) is 0.364. The zero-order chi connectivity index (χ0) is 29.4. The zero-order valence-electron chi connectivity index (χ0n) is 21.0. The minimum atomic E-state index is -4.52. The van der Waals surface area contributed by atoms with E-state index in [-0.39, 0.29) is 17.9 Å². The lowest BCUT2D eigenvalue weighted by molar-refractivity contribution is -0.384. The van der Waals surface area contributed by atoms with Crippen LogP contribution in [0, 0.1) is 10.1 Å². The first-order chi connectivity index (χ1) is 18.8. The molecule has 2 aromatic heterocycles. The highest BCUT2D eigenvalue weighted by Gasteiger charge is 2.51. The molecule has 1 saturated heterocycles. The second kappa shape index (κ2) is 10.8. The van der Waals surface area contributed by atoms with Crippen LogP contribution in [0.2, 0.25) is 0 Å². The van der Waals surface area contributed by atoms with Crippen molar-refractivity contribution in [3.05, 3.63) is 57.4 Å². The van der Waals surface area contributed by atoms with Gasteiger partial charge >= 0.3 is 17.9 Å². The molecular weight excluding hydrogens is 558 g/mol. The predicted molar refractivity (Wildman–Crippen MR) is 129 cm³/mol. The summed E-state index contributed by atoms with van der Waals surface area (Å²) in [6.07, 6.45) is -3.11. The van der Waals surface area contributed by atoms with Crippen molar-refractivity contribution < 1.29 is 46.7 Å². The van der Waals surface area contributed by atoms with Crippen molar-refractivity contribution in [1.29, 1.82) is 0 Å². The van der Waals surface area contributed by atoms with Crippen LogP contribution in [0.3, 0.4) is 0 Å². The number of carbonyl (C=O) groups is 3. The van der Waals surface area contributed by atoms with Crippen LogP contribution in [0.1, 0.15) is 27.0 Å².